The predicted octanol–water partition coefficient (Wildman–Crippen LogP) is 1.92. The molecular weight excluding hydrogens is 271 g/mol. The van der Waals surface area contributed by atoms with Crippen LogP contribution in [0.1, 0.15) is 18.4 Å². The molecule has 3 nitrogen and oxygen atoms in total. The van der Waals surface area contributed by atoms with Crippen molar-refractivity contribution in [1.82, 2.24) is 0 Å². The summed E-state index contributed by atoms with van der Waals surface area (Å²) in [4.78, 5) is 13.3. The van der Waals surface area contributed by atoms with Gasteiger partial charge in [0.25, 0.3) is 5.91 Å². The lowest BCUT2D eigenvalue weighted by molar-refractivity contribution is -0.878. The van der Waals surface area contributed by atoms with Crippen molar-refractivity contribution in [1.29, 1.82) is 0 Å². The van der Waals surface area contributed by atoms with Crippen molar-refractivity contribution in [2.45, 2.75) is 19.8 Å². The molecular formula is C13H17Cl2N2O+. The van der Waals surface area contributed by atoms with Gasteiger partial charge in [-0.1, -0.05) is 29.3 Å². The zero-order valence-corrected chi connectivity index (χ0v) is 11.9. The molecule has 1 saturated heterocycles. The quantitative estimate of drug-likeness (QED) is 0.875. The molecule has 1 fully saturated rings. The summed E-state index contributed by atoms with van der Waals surface area (Å²) in [6.45, 7) is 4.52. The number of amides is 1. The van der Waals surface area contributed by atoms with Crippen LogP contribution in [0.15, 0.2) is 12.1 Å². The highest BCUT2D eigenvalue weighted by Gasteiger charge is 2.20. The molecule has 0 unspecified atom stereocenters. The second-order valence-electron chi connectivity index (χ2n) is 4.74. The van der Waals surface area contributed by atoms with Crippen molar-refractivity contribution in [3.05, 3.63) is 27.7 Å². The molecule has 0 atom stereocenters. The molecule has 98 valence electrons. The third-order valence-corrected chi connectivity index (χ3v) is 4.07. The number of anilines is 1. The summed E-state index contributed by atoms with van der Waals surface area (Å²) < 4.78 is 0. The van der Waals surface area contributed by atoms with E-state index in [0.29, 0.717) is 22.3 Å². The van der Waals surface area contributed by atoms with Crippen LogP contribution in [-0.2, 0) is 4.79 Å². The molecule has 0 aliphatic carbocycles. The van der Waals surface area contributed by atoms with E-state index in [1.807, 2.05) is 13.0 Å². The average Bonchev–Trinajstić information content (AvgIpc) is 2.82. The van der Waals surface area contributed by atoms with Crippen LogP contribution in [0.3, 0.4) is 0 Å². The van der Waals surface area contributed by atoms with Gasteiger partial charge in [0, 0.05) is 12.8 Å². The minimum Gasteiger partial charge on any atom is -0.327 e. The SMILES string of the molecule is Cc1ccc(Cl)c(NC(=O)C[NH+]2CCCC2)c1Cl. The van der Waals surface area contributed by atoms with Gasteiger partial charge in [0.2, 0.25) is 0 Å². The van der Waals surface area contributed by atoms with Crippen molar-refractivity contribution in [3.63, 3.8) is 0 Å². The fourth-order valence-electron chi connectivity index (χ4n) is 2.23. The molecule has 0 bridgehead atoms. The summed E-state index contributed by atoms with van der Waals surface area (Å²) in [5.41, 5.74) is 1.44. The lowest BCUT2D eigenvalue weighted by Gasteiger charge is -2.14. The Kier molecular flexibility index (Phi) is 4.49. The van der Waals surface area contributed by atoms with E-state index in [-0.39, 0.29) is 5.91 Å². The Balaban J connectivity index is 2.04. The van der Waals surface area contributed by atoms with Gasteiger partial charge in [-0.15, -0.1) is 0 Å². The maximum absolute atomic E-state index is 11.9. The van der Waals surface area contributed by atoms with Gasteiger partial charge >= 0.3 is 0 Å². The number of likely N-dealkylation sites (tertiary alicyclic amines) is 1. The summed E-state index contributed by atoms with van der Waals surface area (Å²) in [6.07, 6.45) is 2.41. The van der Waals surface area contributed by atoms with Gasteiger partial charge in [0.1, 0.15) is 0 Å². The first kappa shape index (κ1) is 13.7. The molecule has 1 aromatic rings. The number of hydrogen-bond donors (Lipinski definition) is 2. The van der Waals surface area contributed by atoms with Crippen molar-refractivity contribution < 1.29 is 9.69 Å². The fourth-order valence-corrected chi connectivity index (χ4v) is 2.70. The Morgan fingerprint density at radius 1 is 1.33 bits per heavy atom. The van der Waals surface area contributed by atoms with Crippen molar-refractivity contribution in [2.75, 3.05) is 25.0 Å². The molecule has 0 radical (unpaired) electrons. The Labute approximate surface area is 117 Å². The third-order valence-electron chi connectivity index (χ3n) is 3.27. The van der Waals surface area contributed by atoms with Gasteiger partial charge in [0.15, 0.2) is 6.54 Å². The van der Waals surface area contributed by atoms with Crippen molar-refractivity contribution in [3.8, 4) is 0 Å². The highest BCUT2D eigenvalue weighted by Crippen LogP contribution is 2.32. The van der Waals surface area contributed by atoms with Crippen LogP contribution >= 0.6 is 23.2 Å². The monoisotopic (exact) mass is 287 g/mol. The van der Waals surface area contributed by atoms with Crippen LogP contribution < -0.4 is 10.2 Å². The van der Waals surface area contributed by atoms with Gasteiger partial charge in [-0.2, -0.15) is 0 Å². The molecule has 18 heavy (non-hydrogen) atoms. The molecule has 0 spiro atoms. The van der Waals surface area contributed by atoms with E-state index in [2.05, 4.69) is 5.32 Å². The van der Waals surface area contributed by atoms with E-state index in [0.717, 1.165) is 18.7 Å². The molecule has 1 aliphatic rings. The van der Waals surface area contributed by atoms with Crippen LogP contribution in [0.5, 0.6) is 0 Å². The van der Waals surface area contributed by atoms with Crippen LogP contribution in [0.4, 0.5) is 5.69 Å². The first-order chi connectivity index (χ1) is 8.58. The standard InChI is InChI=1S/C13H16Cl2N2O/c1-9-4-5-10(14)13(12(9)15)16-11(18)8-17-6-2-3-7-17/h4-5H,2-3,6-8H2,1H3,(H,16,18)/p+1. The Hall–Kier alpha value is -0.770. The van der Waals surface area contributed by atoms with Crippen LogP contribution in [-0.4, -0.2) is 25.5 Å². The number of hydrogen-bond acceptors (Lipinski definition) is 1. The van der Waals surface area contributed by atoms with Crippen LogP contribution in [0.2, 0.25) is 10.0 Å². The molecule has 2 N–H and O–H groups in total. The Bertz CT molecular complexity index is 457. The van der Waals surface area contributed by atoms with E-state index in [9.17, 15) is 4.79 Å². The number of nitrogens with one attached hydrogen (secondary N) is 2. The predicted molar refractivity (Wildman–Crippen MR) is 74.6 cm³/mol. The fraction of sp³-hybridized carbons (Fsp3) is 0.462. The van der Waals surface area contributed by atoms with E-state index < -0.39 is 0 Å². The molecule has 0 aromatic heterocycles. The Morgan fingerprint density at radius 2 is 2.00 bits per heavy atom. The van der Waals surface area contributed by atoms with Crippen LogP contribution in [0, 0.1) is 6.92 Å². The van der Waals surface area contributed by atoms with E-state index in [1.54, 1.807) is 6.07 Å². The summed E-state index contributed by atoms with van der Waals surface area (Å²) in [5, 5.41) is 3.82. The summed E-state index contributed by atoms with van der Waals surface area (Å²) in [5.74, 6) is -0.0266. The molecule has 1 aromatic carbocycles. The highest BCUT2D eigenvalue weighted by molar-refractivity contribution is 6.40. The summed E-state index contributed by atoms with van der Waals surface area (Å²) in [6, 6.07) is 3.59. The molecule has 2 rings (SSSR count). The zero-order chi connectivity index (χ0) is 13.1. The van der Waals surface area contributed by atoms with Gasteiger partial charge in [-0.05, 0) is 18.6 Å². The number of carbonyl (C=O) groups excluding carboxylic acids is 1. The largest absolute Gasteiger partial charge is 0.327 e. The number of aryl methyl sites for hydroxylation is 1. The maximum atomic E-state index is 11.9. The molecule has 0 saturated carbocycles. The third kappa shape index (κ3) is 3.16. The summed E-state index contributed by atoms with van der Waals surface area (Å²) in [7, 11) is 0. The molecule has 1 amide bonds. The van der Waals surface area contributed by atoms with Gasteiger partial charge < -0.3 is 10.2 Å². The smallest absolute Gasteiger partial charge is 0.279 e. The number of rotatable bonds is 3. The lowest BCUT2D eigenvalue weighted by Crippen LogP contribution is -3.11. The number of carbonyl (C=O) groups is 1. The minimum atomic E-state index is -0.0266. The van der Waals surface area contributed by atoms with Gasteiger partial charge in [0.05, 0.1) is 28.8 Å². The van der Waals surface area contributed by atoms with E-state index >= 15 is 0 Å². The first-order valence-electron chi connectivity index (χ1n) is 6.16. The van der Waals surface area contributed by atoms with E-state index in [1.165, 1.54) is 17.7 Å². The maximum Gasteiger partial charge on any atom is 0.279 e. The van der Waals surface area contributed by atoms with Crippen molar-refractivity contribution in [2.24, 2.45) is 0 Å². The number of benzene rings is 1. The topological polar surface area (TPSA) is 33.5 Å². The molecule has 1 heterocycles. The number of halogens is 2. The Morgan fingerprint density at radius 3 is 2.67 bits per heavy atom. The second-order valence-corrected chi connectivity index (χ2v) is 5.52. The lowest BCUT2D eigenvalue weighted by atomic mass is 10.2. The highest BCUT2D eigenvalue weighted by atomic mass is 35.5. The number of quaternary nitrogens is 1. The zero-order valence-electron chi connectivity index (χ0n) is 10.4. The molecule has 5 heteroatoms. The normalized spacial score (nSPS) is 15.9. The second kappa shape index (κ2) is 5.91. The molecule has 1 aliphatic heterocycles. The van der Waals surface area contributed by atoms with E-state index in [4.69, 9.17) is 23.2 Å². The summed E-state index contributed by atoms with van der Waals surface area (Å²) >= 11 is 12.2. The first-order valence-corrected chi connectivity index (χ1v) is 6.91. The van der Waals surface area contributed by atoms with Gasteiger partial charge in [-0.3, -0.25) is 4.79 Å². The average molecular weight is 288 g/mol. The minimum absolute atomic E-state index is 0.0266. The van der Waals surface area contributed by atoms with Crippen LogP contribution in [0.25, 0.3) is 0 Å². The van der Waals surface area contributed by atoms with Crippen molar-refractivity contribution >= 4 is 34.8 Å². The van der Waals surface area contributed by atoms with Gasteiger partial charge in [-0.25, -0.2) is 0 Å².